The average Bonchev–Trinajstić information content (AvgIpc) is 3.12. The fourth-order valence-electron chi connectivity index (χ4n) is 5.83. The van der Waals surface area contributed by atoms with Crippen molar-refractivity contribution < 1.29 is 4.74 Å². The number of ether oxygens (including phenoxy) is 1. The first-order valence-electron chi connectivity index (χ1n) is 14.7. The molecule has 0 aliphatic carbocycles. The van der Waals surface area contributed by atoms with E-state index < -0.39 is 0 Å². The van der Waals surface area contributed by atoms with E-state index in [1.165, 1.54) is 5.56 Å². The molecule has 1 aliphatic rings. The summed E-state index contributed by atoms with van der Waals surface area (Å²) in [6, 6.07) is 52.0. The highest BCUT2D eigenvalue weighted by molar-refractivity contribution is 5.88. The predicted octanol–water partition coefficient (Wildman–Crippen LogP) is 9.77. The van der Waals surface area contributed by atoms with Gasteiger partial charge in [0, 0.05) is 22.3 Å². The molecule has 0 bridgehead atoms. The molecule has 1 aromatic heterocycles. The van der Waals surface area contributed by atoms with Crippen LogP contribution in [0.25, 0.3) is 67.5 Å². The van der Waals surface area contributed by atoms with Gasteiger partial charge in [-0.3, -0.25) is 0 Å². The molecule has 4 nitrogen and oxygen atoms in total. The lowest BCUT2D eigenvalue weighted by atomic mass is 9.92. The molecule has 0 fully saturated rings. The molecule has 0 atom stereocenters. The lowest BCUT2D eigenvalue weighted by molar-refractivity contribution is 0.302. The maximum atomic E-state index is 6.19. The quantitative estimate of drug-likeness (QED) is 0.208. The molecule has 44 heavy (non-hydrogen) atoms. The highest BCUT2D eigenvalue weighted by Crippen LogP contribution is 2.43. The van der Waals surface area contributed by atoms with Gasteiger partial charge in [-0.25, -0.2) is 15.0 Å². The first kappa shape index (κ1) is 25.8. The molecule has 0 unspecified atom stereocenters. The zero-order chi connectivity index (χ0) is 29.3. The molecule has 0 amide bonds. The first-order chi connectivity index (χ1) is 21.8. The van der Waals surface area contributed by atoms with Crippen molar-refractivity contribution in [3.05, 3.63) is 157 Å². The fourth-order valence-corrected chi connectivity index (χ4v) is 5.83. The number of fused-ring (bicyclic) bond motifs is 3. The normalized spacial score (nSPS) is 11.7. The van der Waals surface area contributed by atoms with Crippen LogP contribution in [0.2, 0.25) is 0 Å². The minimum atomic E-state index is 0.542. The van der Waals surface area contributed by atoms with Crippen LogP contribution in [0.1, 0.15) is 5.56 Å². The second-order valence-electron chi connectivity index (χ2n) is 10.8. The third kappa shape index (κ3) is 4.83. The Balaban J connectivity index is 1.30. The molecule has 0 N–H and O–H groups in total. The van der Waals surface area contributed by atoms with Crippen LogP contribution in [0, 0.1) is 0 Å². The van der Waals surface area contributed by atoms with Gasteiger partial charge in [-0.05, 0) is 45.5 Å². The summed E-state index contributed by atoms with van der Waals surface area (Å²) in [6.07, 6.45) is 0. The molecule has 1 aliphatic heterocycles. The number of rotatable bonds is 5. The van der Waals surface area contributed by atoms with Crippen molar-refractivity contribution in [3.8, 4) is 73.3 Å². The van der Waals surface area contributed by atoms with E-state index >= 15 is 0 Å². The van der Waals surface area contributed by atoms with Gasteiger partial charge in [0.2, 0.25) is 0 Å². The van der Waals surface area contributed by atoms with Crippen molar-refractivity contribution in [1.82, 2.24) is 15.0 Å². The molecular formula is C40H27N3O. The van der Waals surface area contributed by atoms with Gasteiger partial charge in [0.25, 0.3) is 0 Å². The summed E-state index contributed by atoms with van der Waals surface area (Å²) in [6.45, 7) is 0.542. The van der Waals surface area contributed by atoms with Crippen molar-refractivity contribution in [2.45, 2.75) is 6.61 Å². The maximum Gasteiger partial charge on any atom is 0.164 e. The number of benzene rings is 6. The molecular weight excluding hydrogens is 538 g/mol. The smallest absolute Gasteiger partial charge is 0.164 e. The van der Waals surface area contributed by atoms with Crippen LogP contribution in [0.15, 0.2) is 152 Å². The lowest BCUT2D eigenvalue weighted by Gasteiger charge is -2.23. The third-order valence-corrected chi connectivity index (χ3v) is 8.05. The zero-order valence-corrected chi connectivity index (χ0v) is 23.9. The van der Waals surface area contributed by atoms with Crippen LogP contribution in [-0.4, -0.2) is 15.0 Å². The molecule has 0 spiro atoms. The molecule has 8 rings (SSSR count). The minimum Gasteiger partial charge on any atom is -0.488 e. The molecule has 0 saturated heterocycles. The molecule has 6 aromatic carbocycles. The summed E-state index contributed by atoms with van der Waals surface area (Å²) >= 11 is 0. The molecule has 7 aromatic rings. The molecule has 0 radical (unpaired) electrons. The summed E-state index contributed by atoms with van der Waals surface area (Å²) in [5.74, 6) is 2.69. The lowest BCUT2D eigenvalue weighted by Crippen LogP contribution is -2.07. The van der Waals surface area contributed by atoms with Crippen LogP contribution in [0.3, 0.4) is 0 Å². The van der Waals surface area contributed by atoms with E-state index in [1.54, 1.807) is 0 Å². The van der Waals surface area contributed by atoms with Crippen LogP contribution in [0.4, 0.5) is 0 Å². The number of hydrogen-bond acceptors (Lipinski definition) is 4. The number of nitrogens with zero attached hydrogens (tertiary/aromatic N) is 3. The Morgan fingerprint density at radius 2 is 0.909 bits per heavy atom. The van der Waals surface area contributed by atoms with E-state index in [0.29, 0.717) is 24.1 Å². The SMILES string of the molecule is c1ccc(-c2ccc(-c3nc(-c4cccc(-c5ccccc5)c4)nc(-c4cccc5c4-c4ccccc4CO5)n3)cc2)cc1. The van der Waals surface area contributed by atoms with Crippen molar-refractivity contribution in [2.75, 3.05) is 0 Å². The van der Waals surface area contributed by atoms with Gasteiger partial charge in [-0.1, -0.05) is 140 Å². The Kier molecular flexibility index (Phi) is 6.50. The molecule has 0 saturated carbocycles. The standard InChI is InChI=1S/C40H27N3O/c1-3-11-27(12-4-1)29-21-23-30(24-22-29)38-41-39(32-17-9-16-31(25-32)28-13-5-2-6-14-28)43-40(42-38)35-19-10-20-36-37(35)34-18-8-7-15-33(34)26-44-36/h1-25H,26H2. The second kappa shape index (κ2) is 11.1. The van der Waals surface area contributed by atoms with Crippen LogP contribution in [0.5, 0.6) is 5.75 Å². The van der Waals surface area contributed by atoms with E-state index in [2.05, 4.69) is 121 Å². The first-order valence-corrected chi connectivity index (χ1v) is 14.7. The van der Waals surface area contributed by atoms with Gasteiger partial charge < -0.3 is 4.74 Å². The summed E-state index contributed by atoms with van der Waals surface area (Å²) in [7, 11) is 0. The Labute approximate surface area is 256 Å². The van der Waals surface area contributed by atoms with Gasteiger partial charge in [0.15, 0.2) is 17.5 Å². The van der Waals surface area contributed by atoms with Crippen molar-refractivity contribution >= 4 is 0 Å². The molecule has 208 valence electrons. The number of aromatic nitrogens is 3. The Morgan fingerprint density at radius 3 is 1.68 bits per heavy atom. The van der Waals surface area contributed by atoms with Crippen LogP contribution >= 0.6 is 0 Å². The molecule has 2 heterocycles. The Bertz CT molecular complexity index is 2110. The van der Waals surface area contributed by atoms with E-state index in [-0.39, 0.29) is 0 Å². The Hall–Kier alpha value is -5.87. The van der Waals surface area contributed by atoms with Gasteiger partial charge >= 0.3 is 0 Å². The summed E-state index contributed by atoms with van der Waals surface area (Å²) < 4.78 is 6.19. The minimum absolute atomic E-state index is 0.542. The monoisotopic (exact) mass is 565 g/mol. The van der Waals surface area contributed by atoms with Gasteiger partial charge in [-0.2, -0.15) is 0 Å². The zero-order valence-electron chi connectivity index (χ0n) is 23.9. The third-order valence-electron chi connectivity index (χ3n) is 8.05. The average molecular weight is 566 g/mol. The van der Waals surface area contributed by atoms with Crippen LogP contribution in [-0.2, 0) is 6.61 Å². The summed E-state index contributed by atoms with van der Waals surface area (Å²) in [5, 5.41) is 0. The van der Waals surface area contributed by atoms with E-state index in [9.17, 15) is 0 Å². The van der Waals surface area contributed by atoms with Crippen molar-refractivity contribution in [1.29, 1.82) is 0 Å². The van der Waals surface area contributed by atoms with Gasteiger partial charge in [0.1, 0.15) is 12.4 Å². The number of hydrogen-bond donors (Lipinski definition) is 0. The highest BCUT2D eigenvalue weighted by atomic mass is 16.5. The van der Waals surface area contributed by atoms with Crippen molar-refractivity contribution in [3.63, 3.8) is 0 Å². The second-order valence-corrected chi connectivity index (χ2v) is 10.8. The van der Waals surface area contributed by atoms with Crippen molar-refractivity contribution in [2.24, 2.45) is 0 Å². The van der Waals surface area contributed by atoms with E-state index in [4.69, 9.17) is 19.7 Å². The Morgan fingerprint density at radius 1 is 0.386 bits per heavy atom. The predicted molar refractivity (Wildman–Crippen MR) is 177 cm³/mol. The topological polar surface area (TPSA) is 47.9 Å². The highest BCUT2D eigenvalue weighted by Gasteiger charge is 2.23. The van der Waals surface area contributed by atoms with E-state index in [0.717, 1.165) is 55.8 Å². The summed E-state index contributed by atoms with van der Waals surface area (Å²) in [5.41, 5.74) is 10.6. The van der Waals surface area contributed by atoms with Crippen LogP contribution < -0.4 is 4.74 Å². The van der Waals surface area contributed by atoms with Gasteiger partial charge in [0.05, 0.1) is 0 Å². The molecule has 4 heteroatoms. The fraction of sp³-hybridized carbons (Fsp3) is 0.0250. The maximum absolute atomic E-state index is 6.19. The van der Waals surface area contributed by atoms with E-state index in [1.807, 2.05) is 30.3 Å². The largest absolute Gasteiger partial charge is 0.488 e. The summed E-state index contributed by atoms with van der Waals surface area (Å²) in [4.78, 5) is 15.2. The van der Waals surface area contributed by atoms with Gasteiger partial charge in [-0.15, -0.1) is 0 Å².